The fourth-order valence-corrected chi connectivity index (χ4v) is 5.35. The van der Waals surface area contributed by atoms with E-state index in [1.54, 1.807) is 12.3 Å². The molecule has 1 aromatic heterocycles. The molecule has 188 valence electrons. The van der Waals surface area contributed by atoms with Gasteiger partial charge in [-0.3, -0.25) is 14.9 Å². The number of amidine groups is 1. The number of nitrogens with zero attached hydrogens (tertiary/aromatic N) is 3. The highest BCUT2D eigenvalue weighted by molar-refractivity contribution is 7.22. The van der Waals surface area contributed by atoms with Gasteiger partial charge in [-0.15, -0.1) is 0 Å². The van der Waals surface area contributed by atoms with E-state index < -0.39 is 11.4 Å². The summed E-state index contributed by atoms with van der Waals surface area (Å²) in [5.74, 6) is 0.0448. The second-order valence-electron chi connectivity index (χ2n) is 8.75. The molecule has 9 nitrogen and oxygen atoms in total. The Labute approximate surface area is 213 Å². The maximum Gasteiger partial charge on any atom is 0.321 e. The van der Waals surface area contributed by atoms with Crippen LogP contribution in [0.2, 0.25) is 0 Å². The van der Waals surface area contributed by atoms with Crippen LogP contribution in [0.25, 0.3) is 15.8 Å². The van der Waals surface area contributed by atoms with Gasteiger partial charge >= 0.3 is 12.0 Å². The van der Waals surface area contributed by atoms with Gasteiger partial charge < -0.3 is 15.3 Å². The summed E-state index contributed by atoms with van der Waals surface area (Å²) < 4.78 is 0.700. The lowest BCUT2D eigenvalue weighted by Crippen LogP contribution is -2.45. The summed E-state index contributed by atoms with van der Waals surface area (Å²) in [5.41, 5.74) is 2.02. The van der Waals surface area contributed by atoms with Crippen LogP contribution >= 0.6 is 11.3 Å². The fourth-order valence-electron chi connectivity index (χ4n) is 4.43. The number of nitrogens with one attached hydrogen (secondary N) is 2. The standard InChI is InChI=1S/C26H29N5O4S/c1-3-26(23(33)34)9-11-31(12-10-26)21-8-6-5-7-17(15-28-21)18-13-19(16-32)22-20(14-18)29-25(36-22)30-24(35)27-4-2/h5-8,13-16H,3-4,9-12H2,1-2H3,(H,33,34)(H2,27,29,30,35)/b6-5?,7-5+,8-6+,17-7?,17-15+,21-8?,28-15?,28-21+. The number of thiazole rings is 1. The normalized spacial score (nSPS) is 21.8. The quantitative estimate of drug-likeness (QED) is 0.487. The number of fused-ring (bicyclic) bond motifs is 1. The zero-order valence-corrected chi connectivity index (χ0v) is 21.1. The molecule has 2 amide bonds. The SMILES string of the molecule is CCNC(=O)Nc1nc2cc(C3=C/N=C(N4CCC(CC)(C(=O)O)CC4)\C=C\C=C\3)cc(C=O)c2s1. The summed E-state index contributed by atoms with van der Waals surface area (Å²) in [7, 11) is 0. The van der Waals surface area contributed by atoms with Crippen LogP contribution < -0.4 is 10.6 Å². The van der Waals surface area contributed by atoms with Gasteiger partial charge in [0.1, 0.15) is 5.84 Å². The second-order valence-corrected chi connectivity index (χ2v) is 9.75. The highest BCUT2D eigenvalue weighted by Gasteiger charge is 2.40. The molecule has 0 atom stereocenters. The minimum absolute atomic E-state index is 0.346. The molecule has 2 aromatic rings. The number of carboxylic acids is 1. The number of allylic oxidation sites excluding steroid dienone is 4. The maximum atomic E-state index is 11.9. The molecular formula is C26H29N5O4S. The van der Waals surface area contributed by atoms with E-state index in [2.05, 4.69) is 20.5 Å². The Morgan fingerprint density at radius 3 is 2.61 bits per heavy atom. The molecule has 0 spiro atoms. The number of amides is 2. The molecule has 1 saturated heterocycles. The summed E-state index contributed by atoms with van der Waals surface area (Å²) in [6, 6.07) is 3.33. The number of hydrogen-bond acceptors (Lipinski definition) is 7. The monoisotopic (exact) mass is 507 g/mol. The topological polar surface area (TPSA) is 124 Å². The molecule has 36 heavy (non-hydrogen) atoms. The molecule has 2 aliphatic heterocycles. The number of urea groups is 1. The van der Waals surface area contributed by atoms with E-state index in [0.717, 1.165) is 23.3 Å². The molecule has 0 bridgehead atoms. The molecule has 4 rings (SSSR count). The van der Waals surface area contributed by atoms with Gasteiger partial charge in [0.15, 0.2) is 11.4 Å². The van der Waals surface area contributed by atoms with Crippen LogP contribution in [0.5, 0.6) is 0 Å². The first-order valence-corrected chi connectivity index (χ1v) is 12.8. The Bertz CT molecular complexity index is 1300. The Balaban J connectivity index is 1.61. The lowest BCUT2D eigenvalue weighted by atomic mass is 9.76. The van der Waals surface area contributed by atoms with Gasteiger partial charge in [-0.1, -0.05) is 36.5 Å². The van der Waals surface area contributed by atoms with Crippen molar-refractivity contribution in [3.05, 3.63) is 53.8 Å². The van der Waals surface area contributed by atoms with Gasteiger partial charge in [-0.05, 0) is 50.0 Å². The van der Waals surface area contributed by atoms with E-state index in [4.69, 9.17) is 4.99 Å². The van der Waals surface area contributed by atoms with E-state index in [0.29, 0.717) is 59.8 Å². The van der Waals surface area contributed by atoms with Crippen molar-refractivity contribution >= 4 is 56.4 Å². The summed E-state index contributed by atoms with van der Waals surface area (Å²) in [4.78, 5) is 46.8. The lowest BCUT2D eigenvalue weighted by Gasteiger charge is -2.39. The number of benzene rings is 1. The molecule has 0 unspecified atom stereocenters. The number of likely N-dealkylation sites (tertiary alicyclic amines) is 1. The number of aldehydes is 1. The molecule has 10 heteroatoms. The van der Waals surface area contributed by atoms with Crippen LogP contribution in [0.15, 0.2) is 47.6 Å². The van der Waals surface area contributed by atoms with Crippen LogP contribution in [0.4, 0.5) is 9.93 Å². The van der Waals surface area contributed by atoms with Crippen LogP contribution in [0, 0.1) is 5.41 Å². The number of carbonyl (C=O) groups excluding carboxylic acids is 2. The van der Waals surface area contributed by atoms with Gasteiger partial charge in [0.25, 0.3) is 0 Å². The first kappa shape index (κ1) is 25.3. The number of aliphatic imine (C=N–C) groups is 1. The van der Waals surface area contributed by atoms with Gasteiger partial charge in [0.2, 0.25) is 0 Å². The highest BCUT2D eigenvalue weighted by Crippen LogP contribution is 2.36. The van der Waals surface area contributed by atoms with Crippen molar-refractivity contribution in [1.82, 2.24) is 15.2 Å². The predicted molar refractivity (Wildman–Crippen MR) is 143 cm³/mol. The van der Waals surface area contributed by atoms with Crippen molar-refractivity contribution in [2.45, 2.75) is 33.1 Å². The summed E-state index contributed by atoms with van der Waals surface area (Å²) >= 11 is 1.25. The molecule has 0 saturated carbocycles. The average molecular weight is 508 g/mol. The third-order valence-electron chi connectivity index (χ3n) is 6.68. The van der Waals surface area contributed by atoms with Crippen molar-refractivity contribution in [1.29, 1.82) is 0 Å². The first-order valence-electron chi connectivity index (χ1n) is 11.9. The number of hydrogen-bond donors (Lipinski definition) is 3. The molecule has 1 aromatic carbocycles. The molecule has 3 heterocycles. The van der Waals surface area contributed by atoms with E-state index in [1.165, 1.54) is 11.3 Å². The van der Waals surface area contributed by atoms with Crippen LogP contribution in [-0.4, -0.2) is 58.7 Å². The fraction of sp³-hybridized carbons (Fsp3) is 0.346. The predicted octanol–water partition coefficient (Wildman–Crippen LogP) is 4.69. The third kappa shape index (κ3) is 5.23. The van der Waals surface area contributed by atoms with E-state index >= 15 is 0 Å². The summed E-state index contributed by atoms with van der Waals surface area (Å²) in [6.07, 6.45) is 12.0. The van der Waals surface area contributed by atoms with Crippen molar-refractivity contribution in [2.24, 2.45) is 10.4 Å². The first-order chi connectivity index (χ1) is 17.4. The number of aromatic nitrogens is 1. The Hall–Kier alpha value is -3.79. The Morgan fingerprint density at radius 1 is 1.19 bits per heavy atom. The van der Waals surface area contributed by atoms with Gasteiger partial charge in [0, 0.05) is 37.0 Å². The molecule has 2 aliphatic rings. The number of rotatable bonds is 6. The van der Waals surface area contributed by atoms with Crippen molar-refractivity contribution in [3.63, 3.8) is 0 Å². The third-order valence-corrected chi connectivity index (χ3v) is 7.72. The largest absolute Gasteiger partial charge is 0.481 e. The van der Waals surface area contributed by atoms with Crippen molar-refractivity contribution in [2.75, 3.05) is 25.0 Å². The number of anilines is 1. The summed E-state index contributed by atoms with van der Waals surface area (Å²) in [5, 5.41) is 15.5. The molecular weight excluding hydrogens is 478 g/mol. The van der Waals surface area contributed by atoms with E-state index in [9.17, 15) is 19.5 Å². The number of carbonyl (C=O) groups is 3. The zero-order valence-electron chi connectivity index (χ0n) is 20.3. The zero-order chi connectivity index (χ0) is 25.7. The van der Waals surface area contributed by atoms with Crippen molar-refractivity contribution in [3.8, 4) is 0 Å². The minimum Gasteiger partial charge on any atom is -0.481 e. The van der Waals surface area contributed by atoms with E-state index in [-0.39, 0.29) is 6.03 Å². The Morgan fingerprint density at radius 2 is 1.94 bits per heavy atom. The number of carboxylic acid groups (broad SMARTS) is 1. The van der Waals surface area contributed by atoms with Crippen LogP contribution in [-0.2, 0) is 4.79 Å². The van der Waals surface area contributed by atoms with Gasteiger partial charge in [-0.25, -0.2) is 14.8 Å². The molecule has 0 radical (unpaired) electrons. The second kappa shape index (κ2) is 10.9. The van der Waals surface area contributed by atoms with Crippen LogP contribution in [0.1, 0.15) is 49.0 Å². The maximum absolute atomic E-state index is 11.9. The van der Waals surface area contributed by atoms with Crippen LogP contribution in [0.3, 0.4) is 0 Å². The van der Waals surface area contributed by atoms with Gasteiger partial charge in [0.05, 0.1) is 15.6 Å². The molecule has 1 fully saturated rings. The van der Waals surface area contributed by atoms with E-state index in [1.807, 2.05) is 44.2 Å². The Kier molecular flexibility index (Phi) is 7.64. The lowest BCUT2D eigenvalue weighted by molar-refractivity contribution is -0.151. The smallest absolute Gasteiger partial charge is 0.321 e. The number of piperidine rings is 1. The molecule has 0 aliphatic carbocycles. The summed E-state index contributed by atoms with van der Waals surface area (Å²) in [6.45, 7) is 5.50. The number of aliphatic carboxylic acids is 1. The minimum atomic E-state index is -0.724. The highest BCUT2D eigenvalue weighted by atomic mass is 32.1. The van der Waals surface area contributed by atoms with Crippen molar-refractivity contribution < 1.29 is 19.5 Å². The van der Waals surface area contributed by atoms with Gasteiger partial charge in [-0.2, -0.15) is 0 Å². The molecule has 3 N–H and O–H groups in total. The average Bonchev–Trinajstić information content (AvgIpc) is 3.26.